The van der Waals surface area contributed by atoms with Crippen molar-refractivity contribution >= 4 is 40.7 Å². The summed E-state index contributed by atoms with van der Waals surface area (Å²) in [5, 5.41) is 12.6. The summed E-state index contributed by atoms with van der Waals surface area (Å²) >= 11 is 12.1. The Labute approximate surface area is 120 Å². The summed E-state index contributed by atoms with van der Waals surface area (Å²) in [6.07, 6.45) is 1.24. The molecule has 98 valence electrons. The molecular weight excluding hydrogens is 287 g/mol. The molecule has 1 aromatic heterocycles. The standard InChI is InChI=1S/C13H10Cl2N2O2/c1-7-3-2-4-10(11(7)15)17-12-9(14)5-8(6-16-12)13(18)19/h2-6H,1H3,(H,16,17)(H,18,19). The molecule has 0 atom stereocenters. The molecule has 0 bridgehead atoms. The van der Waals surface area contributed by atoms with Crippen molar-refractivity contribution in [3.63, 3.8) is 0 Å². The van der Waals surface area contributed by atoms with Crippen molar-refractivity contribution in [1.29, 1.82) is 0 Å². The zero-order valence-corrected chi connectivity index (χ0v) is 11.5. The number of halogens is 2. The number of aryl methyl sites for hydroxylation is 1. The van der Waals surface area contributed by atoms with Crippen molar-refractivity contribution in [2.45, 2.75) is 6.92 Å². The average molecular weight is 297 g/mol. The van der Waals surface area contributed by atoms with E-state index in [0.29, 0.717) is 16.5 Å². The van der Waals surface area contributed by atoms with Gasteiger partial charge in [0.2, 0.25) is 0 Å². The molecule has 0 aliphatic carbocycles. The lowest BCUT2D eigenvalue weighted by molar-refractivity contribution is 0.0696. The predicted octanol–water partition coefficient (Wildman–Crippen LogP) is 4.14. The molecule has 1 aromatic carbocycles. The molecule has 0 aliphatic rings. The van der Waals surface area contributed by atoms with Crippen LogP contribution in [0.2, 0.25) is 10.0 Å². The first-order valence-corrected chi connectivity index (χ1v) is 6.15. The number of anilines is 2. The summed E-state index contributed by atoms with van der Waals surface area (Å²) in [4.78, 5) is 14.8. The van der Waals surface area contributed by atoms with Crippen molar-refractivity contribution in [2.24, 2.45) is 0 Å². The van der Waals surface area contributed by atoms with Gasteiger partial charge >= 0.3 is 5.97 Å². The SMILES string of the molecule is Cc1cccc(Nc2ncc(C(=O)O)cc2Cl)c1Cl. The number of rotatable bonds is 3. The lowest BCUT2D eigenvalue weighted by Crippen LogP contribution is -2.01. The summed E-state index contributed by atoms with van der Waals surface area (Å²) in [5.41, 5.74) is 1.62. The number of hydrogen-bond acceptors (Lipinski definition) is 3. The van der Waals surface area contributed by atoms with Crippen LogP contribution in [0.5, 0.6) is 0 Å². The van der Waals surface area contributed by atoms with Gasteiger partial charge in [0.05, 0.1) is 21.3 Å². The molecule has 0 aliphatic heterocycles. The van der Waals surface area contributed by atoms with Crippen LogP contribution < -0.4 is 5.32 Å². The summed E-state index contributed by atoms with van der Waals surface area (Å²) in [7, 11) is 0. The Balaban J connectivity index is 2.34. The third kappa shape index (κ3) is 2.97. The van der Waals surface area contributed by atoms with Gasteiger partial charge in [-0.1, -0.05) is 35.3 Å². The number of hydrogen-bond donors (Lipinski definition) is 2. The second-order valence-corrected chi connectivity index (χ2v) is 4.71. The fourth-order valence-electron chi connectivity index (χ4n) is 1.52. The number of carboxylic acid groups (broad SMARTS) is 1. The summed E-state index contributed by atoms with van der Waals surface area (Å²) in [6, 6.07) is 6.86. The lowest BCUT2D eigenvalue weighted by Gasteiger charge is -2.10. The van der Waals surface area contributed by atoms with E-state index >= 15 is 0 Å². The molecule has 2 N–H and O–H groups in total. The highest BCUT2D eigenvalue weighted by Crippen LogP contribution is 2.30. The number of aromatic carboxylic acids is 1. The topological polar surface area (TPSA) is 62.2 Å². The number of carboxylic acids is 1. The Hall–Kier alpha value is -1.78. The van der Waals surface area contributed by atoms with Crippen LogP contribution in [0.15, 0.2) is 30.5 Å². The fraction of sp³-hybridized carbons (Fsp3) is 0.0769. The van der Waals surface area contributed by atoms with Crippen LogP contribution in [0.25, 0.3) is 0 Å². The minimum atomic E-state index is -1.07. The maximum Gasteiger partial charge on any atom is 0.337 e. The highest BCUT2D eigenvalue weighted by molar-refractivity contribution is 6.35. The first-order valence-electron chi connectivity index (χ1n) is 5.40. The van der Waals surface area contributed by atoms with Gasteiger partial charge in [0.25, 0.3) is 0 Å². The van der Waals surface area contributed by atoms with Crippen molar-refractivity contribution in [1.82, 2.24) is 4.98 Å². The number of carbonyl (C=O) groups is 1. The van der Waals surface area contributed by atoms with Gasteiger partial charge in [-0.3, -0.25) is 0 Å². The molecule has 1 heterocycles. The van der Waals surface area contributed by atoms with E-state index in [0.717, 1.165) is 5.56 Å². The molecule has 4 nitrogen and oxygen atoms in total. The lowest BCUT2D eigenvalue weighted by atomic mass is 10.2. The number of nitrogens with one attached hydrogen (secondary N) is 1. The maximum absolute atomic E-state index is 10.8. The van der Waals surface area contributed by atoms with E-state index in [9.17, 15) is 4.79 Å². The molecule has 2 aromatic rings. The summed E-state index contributed by atoms with van der Waals surface area (Å²) < 4.78 is 0. The minimum Gasteiger partial charge on any atom is -0.478 e. The van der Waals surface area contributed by atoms with Crippen LogP contribution in [0, 0.1) is 6.92 Å². The molecule has 0 unspecified atom stereocenters. The smallest absolute Gasteiger partial charge is 0.337 e. The molecule has 2 rings (SSSR count). The van der Waals surface area contributed by atoms with E-state index in [1.807, 2.05) is 19.1 Å². The average Bonchev–Trinajstić information content (AvgIpc) is 2.37. The van der Waals surface area contributed by atoms with E-state index in [1.54, 1.807) is 6.07 Å². The predicted molar refractivity (Wildman–Crippen MR) is 75.7 cm³/mol. The largest absolute Gasteiger partial charge is 0.478 e. The number of nitrogens with zero attached hydrogens (tertiary/aromatic N) is 1. The second-order valence-electron chi connectivity index (χ2n) is 3.92. The Morgan fingerprint density at radius 3 is 2.74 bits per heavy atom. The molecule has 0 saturated carbocycles. The maximum atomic E-state index is 10.8. The van der Waals surface area contributed by atoms with Crippen LogP contribution in [0.1, 0.15) is 15.9 Å². The molecular formula is C13H10Cl2N2O2. The van der Waals surface area contributed by atoms with Gasteiger partial charge in [0.15, 0.2) is 0 Å². The first-order chi connectivity index (χ1) is 8.99. The van der Waals surface area contributed by atoms with Crippen molar-refractivity contribution < 1.29 is 9.90 Å². The zero-order valence-electron chi connectivity index (χ0n) is 9.95. The van der Waals surface area contributed by atoms with E-state index < -0.39 is 5.97 Å². The second kappa shape index (κ2) is 5.47. The molecule has 0 fully saturated rings. The van der Waals surface area contributed by atoms with Crippen LogP contribution >= 0.6 is 23.2 Å². The normalized spacial score (nSPS) is 10.3. The van der Waals surface area contributed by atoms with Crippen LogP contribution in [0.4, 0.5) is 11.5 Å². The van der Waals surface area contributed by atoms with Crippen molar-refractivity contribution in [3.8, 4) is 0 Å². The highest BCUT2D eigenvalue weighted by Gasteiger charge is 2.10. The van der Waals surface area contributed by atoms with Gasteiger partial charge in [-0.25, -0.2) is 9.78 Å². The Morgan fingerprint density at radius 2 is 2.11 bits per heavy atom. The van der Waals surface area contributed by atoms with Gasteiger partial charge < -0.3 is 10.4 Å². The molecule has 19 heavy (non-hydrogen) atoms. The Kier molecular flexibility index (Phi) is 3.93. The Morgan fingerprint density at radius 1 is 1.37 bits per heavy atom. The van der Waals surface area contributed by atoms with Gasteiger partial charge in [0, 0.05) is 6.20 Å². The van der Waals surface area contributed by atoms with E-state index in [1.165, 1.54) is 12.3 Å². The fourth-order valence-corrected chi connectivity index (χ4v) is 1.91. The van der Waals surface area contributed by atoms with Crippen molar-refractivity contribution in [2.75, 3.05) is 5.32 Å². The molecule has 0 radical (unpaired) electrons. The van der Waals surface area contributed by atoms with E-state index in [4.69, 9.17) is 28.3 Å². The van der Waals surface area contributed by atoms with Crippen molar-refractivity contribution in [3.05, 3.63) is 51.6 Å². The highest BCUT2D eigenvalue weighted by atomic mass is 35.5. The number of benzene rings is 1. The zero-order chi connectivity index (χ0) is 14.0. The minimum absolute atomic E-state index is 0.0332. The van der Waals surface area contributed by atoms with Gasteiger partial charge in [-0.2, -0.15) is 0 Å². The van der Waals surface area contributed by atoms with Crippen LogP contribution in [-0.2, 0) is 0 Å². The first kappa shape index (κ1) is 13.6. The van der Waals surface area contributed by atoms with Crippen LogP contribution in [0.3, 0.4) is 0 Å². The third-order valence-electron chi connectivity index (χ3n) is 2.53. The molecule has 0 spiro atoms. The summed E-state index contributed by atoms with van der Waals surface area (Å²) in [5.74, 6) is -0.714. The number of pyridine rings is 1. The summed E-state index contributed by atoms with van der Waals surface area (Å²) in [6.45, 7) is 1.88. The van der Waals surface area contributed by atoms with Gasteiger partial charge in [0.1, 0.15) is 5.82 Å². The van der Waals surface area contributed by atoms with Gasteiger partial charge in [-0.05, 0) is 24.6 Å². The molecule has 0 amide bonds. The van der Waals surface area contributed by atoms with E-state index in [2.05, 4.69) is 10.3 Å². The van der Waals surface area contributed by atoms with E-state index in [-0.39, 0.29) is 10.6 Å². The van der Waals surface area contributed by atoms with Gasteiger partial charge in [-0.15, -0.1) is 0 Å². The molecule has 0 saturated heterocycles. The quantitative estimate of drug-likeness (QED) is 0.893. The Bertz CT molecular complexity index is 645. The third-order valence-corrected chi connectivity index (χ3v) is 3.32. The molecule has 6 heteroatoms. The van der Waals surface area contributed by atoms with Crippen LogP contribution in [-0.4, -0.2) is 16.1 Å². The number of aromatic nitrogens is 1. The monoisotopic (exact) mass is 296 g/mol.